The number of nitriles is 1. The van der Waals surface area contributed by atoms with Gasteiger partial charge in [-0.05, 0) is 11.8 Å². The first-order valence-electron chi connectivity index (χ1n) is 1.92. The molecule has 0 aliphatic rings. The standard InChI is InChI=1S/C3HN2.C2H6S/c4-2-1-3-5;1-3-2/h1H;1-2H3/q-1;/p+1. The molecule has 0 aliphatic carbocycles. The van der Waals surface area contributed by atoms with E-state index in [9.17, 15) is 0 Å². The molecule has 0 aromatic heterocycles. The number of rotatable bonds is 0. The fourth-order valence-corrected chi connectivity index (χ4v) is 0.0289. The van der Waals surface area contributed by atoms with Crippen LogP contribution in [0.25, 0.3) is 5.41 Å². The Hall–Kier alpha value is -0.710. The highest BCUT2D eigenvalue weighted by molar-refractivity contribution is 7.76. The van der Waals surface area contributed by atoms with Crippen LogP contribution in [0.1, 0.15) is 0 Å². The van der Waals surface area contributed by atoms with Gasteiger partial charge in [-0.2, -0.15) is 5.26 Å². The number of allylic oxidation sites excluding steroid dienone is 1. The lowest BCUT2D eigenvalue weighted by Crippen LogP contribution is -1.52. The molecule has 0 aromatic rings. The molecule has 0 aromatic carbocycles. The summed E-state index contributed by atoms with van der Waals surface area (Å²) in [5, 5.41) is 15.1. The van der Waals surface area contributed by atoms with Crippen molar-refractivity contribution in [2.75, 3.05) is 12.5 Å². The Morgan fingerprint density at radius 2 is 2.00 bits per heavy atom. The smallest absolute Gasteiger partial charge is 0.0977 e. The molecule has 3 heteroatoms. The van der Waals surface area contributed by atoms with Crippen molar-refractivity contribution in [1.29, 1.82) is 5.26 Å². The molecule has 8 heavy (non-hydrogen) atoms. The Labute approximate surface area is 53.7 Å². The summed E-state index contributed by atoms with van der Waals surface area (Å²) < 4.78 is 0. The van der Waals surface area contributed by atoms with E-state index in [0.29, 0.717) is 0 Å². The van der Waals surface area contributed by atoms with Crippen LogP contribution in [0, 0.1) is 11.3 Å². The quantitative estimate of drug-likeness (QED) is 0.201. The number of nitrogens with zero attached hydrogens (tertiary/aromatic N) is 2. The molecule has 0 saturated carbocycles. The van der Waals surface area contributed by atoms with Crippen molar-refractivity contribution in [3.8, 4) is 6.07 Å². The molecule has 44 valence electrons. The minimum Gasteiger partial charge on any atom is -0.763 e. The Bertz CT molecular complexity index is 108. The lowest BCUT2D eigenvalue weighted by Gasteiger charge is -1.52. The third-order valence-corrected chi connectivity index (χ3v) is 0.129. The van der Waals surface area contributed by atoms with Gasteiger partial charge in [-0.1, -0.05) is 0 Å². The summed E-state index contributed by atoms with van der Waals surface area (Å²) in [7, 11) is 0. The molecule has 0 unspecified atom stereocenters. The maximum absolute atomic E-state index is 7.54. The molecule has 0 N–H and O–H groups in total. The zero-order chi connectivity index (χ0) is 6.83. The minimum absolute atomic E-state index is 0.861. The summed E-state index contributed by atoms with van der Waals surface area (Å²) >= 11 is 1.42. The van der Waals surface area contributed by atoms with E-state index >= 15 is 0 Å². The van der Waals surface area contributed by atoms with Gasteiger partial charge in [-0.25, -0.2) is 0 Å². The number of thiol groups is 1. The molecule has 0 heterocycles. The maximum Gasteiger partial charge on any atom is 0.0977 e. The number of hydrogen-bond acceptors (Lipinski definition) is 1. The molecule has 0 atom stereocenters. The largest absolute Gasteiger partial charge is 0.763 e. The highest BCUT2D eigenvalue weighted by Gasteiger charge is 1.45. The Morgan fingerprint density at radius 3 is 2.00 bits per heavy atom. The molecular formula is C5H8N2S. The van der Waals surface area contributed by atoms with Crippen LogP contribution < -0.4 is 0 Å². The van der Waals surface area contributed by atoms with Crippen molar-refractivity contribution >= 4 is 17.6 Å². The van der Waals surface area contributed by atoms with Gasteiger partial charge in [0.1, 0.15) is 0 Å². The highest BCUT2D eigenvalue weighted by Crippen LogP contribution is 1.41. The van der Waals surface area contributed by atoms with Crippen LogP contribution in [0.2, 0.25) is 0 Å². The molecule has 0 radical (unpaired) electrons. The summed E-state index contributed by atoms with van der Waals surface area (Å²) in [6.07, 6.45) is 5.06. The van der Waals surface area contributed by atoms with Crippen LogP contribution in [0.15, 0.2) is 6.08 Å². The van der Waals surface area contributed by atoms with Gasteiger partial charge in [0.15, 0.2) is 0 Å². The number of hydrogen-bond donors (Lipinski definition) is 0. The summed E-state index contributed by atoms with van der Waals surface area (Å²) in [5.74, 6) is 1.53. The van der Waals surface area contributed by atoms with Crippen LogP contribution in [0.3, 0.4) is 0 Å². The van der Waals surface area contributed by atoms with Gasteiger partial charge in [0.05, 0.1) is 18.6 Å². The van der Waals surface area contributed by atoms with E-state index in [2.05, 4.69) is 12.5 Å². The monoisotopic (exact) mass is 128 g/mol. The Morgan fingerprint density at radius 1 is 1.62 bits per heavy atom. The molecule has 0 bridgehead atoms. The van der Waals surface area contributed by atoms with Crippen LogP contribution in [0.5, 0.6) is 0 Å². The zero-order valence-corrected chi connectivity index (χ0v) is 5.81. The molecule has 0 spiro atoms. The van der Waals surface area contributed by atoms with E-state index < -0.39 is 0 Å². The second-order valence-corrected chi connectivity index (χ2v) is 1.74. The van der Waals surface area contributed by atoms with E-state index in [-0.39, 0.29) is 0 Å². The summed E-state index contributed by atoms with van der Waals surface area (Å²) in [6.45, 7) is 0. The summed E-state index contributed by atoms with van der Waals surface area (Å²) in [6, 6.07) is 1.53. The topological polar surface area (TPSA) is 46.1 Å². The van der Waals surface area contributed by atoms with Gasteiger partial charge >= 0.3 is 0 Å². The van der Waals surface area contributed by atoms with Gasteiger partial charge in [0.25, 0.3) is 0 Å². The lowest BCUT2D eigenvalue weighted by molar-refractivity contribution is 1.54. The molecular weight excluding hydrogens is 120 g/mol. The summed E-state index contributed by atoms with van der Waals surface area (Å²) in [4.78, 5) is 0. The van der Waals surface area contributed by atoms with Gasteiger partial charge in [-0.3, -0.25) is 5.87 Å². The highest BCUT2D eigenvalue weighted by atomic mass is 32.2. The second kappa shape index (κ2) is 16.3. The van der Waals surface area contributed by atoms with E-state index in [1.165, 1.54) is 23.7 Å². The lowest BCUT2D eigenvalue weighted by atomic mass is 10.7. The van der Waals surface area contributed by atoms with Crippen molar-refractivity contribution < 1.29 is 0 Å². The van der Waals surface area contributed by atoms with Gasteiger partial charge in [-0.15, -0.1) is 0 Å². The predicted molar refractivity (Wildman–Crippen MR) is 39.2 cm³/mol. The van der Waals surface area contributed by atoms with Crippen LogP contribution in [0.4, 0.5) is 0 Å². The predicted octanol–water partition coefficient (Wildman–Crippen LogP) is 0.366. The molecule has 0 amide bonds. The molecule has 0 rings (SSSR count). The fourth-order valence-electron chi connectivity index (χ4n) is 0.0289. The normalized spacial score (nSPS) is 4.62. The van der Waals surface area contributed by atoms with Crippen molar-refractivity contribution in [2.45, 2.75) is 0 Å². The van der Waals surface area contributed by atoms with Crippen molar-refractivity contribution in [1.82, 2.24) is 0 Å². The van der Waals surface area contributed by atoms with Crippen molar-refractivity contribution in [3.63, 3.8) is 0 Å². The third-order valence-electron chi connectivity index (χ3n) is 0.129. The minimum atomic E-state index is 0.861. The SMILES string of the molecule is C[SH+]C.N#CC=C=[N-]. The van der Waals surface area contributed by atoms with Gasteiger partial charge in [0.2, 0.25) is 0 Å². The molecule has 0 saturated heterocycles. The molecule has 0 fully saturated rings. The zero-order valence-electron chi connectivity index (χ0n) is 4.92. The average Bonchev–Trinajstić information content (AvgIpc) is 1.71. The van der Waals surface area contributed by atoms with Crippen LogP contribution in [-0.4, -0.2) is 18.4 Å². The molecule has 0 aliphatic heterocycles. The van der Waals surface area contributed by atoms with Gasteiger partial charge < -0.3 is 5.41 Å². The van der Waals surface area contributed by atoms with E-state index in [4.69, 9.17) is 10.7 Å². The van der Waals surface area contributed by atoms with Crippen molar-refractivity contribution in [2.24, 2.45) is 0 Å². The summed E-state index contributed by atoms with van der Waals surface area (Å²) in [5.41, 5.74) is 0. The van der Waals surface area contributed by atoms with E-state index in [1.807, 2.05) is 0 Å². The fraction of sp³-hybridized carbons (Fsp3) is 0.400. The van der Waals surface area contributed by atoms with E-state index in [1.54, 1.807) is 0 Å². The molecule has 2 nitrogen and oxygen atoms in total. The first-order chi connectivity index (χ1) is 3.83. The third kappa shape index (κ3) is 58.5. The van der Waals surface area contributed by atoms with Gasteiger partial charge in [0, 0.05) is 6.08 Å². The van der Waals surface area contributed by atoms with Crippen LogP contribution in [-0.2, 0) is 11.8 Å². The Balaban J connectivity index is 0. The maximum atomic E-state index is 7.54. The first-order valence-corrected chi connectivity index (χ1v) is 3.71. The first kappa shape index (κ1) is 10.3. The average molecular weight is 128 g/mol. The van der Waals surface area contributed by atoms with Crippen LogP contribution >= 0.6 is 0 Å². The van der Waals surface area contributed by atoms with Crippen molar-refractivity contribution in [3.05, 3.63) is 11.5 Å². The second-order valence-electron chi connectivity index (χ2n) is 0.850. The van der Waals surface area contributed by atoms with E-state index in [0.717, 1.165) is 6.08 Å². The Kier molecular flexibility index (Phi) is 21.0.